The van der Waals surface area contributed by atoms with Gasteiger partial charge >= 0.3 is 6.03 Å². The first-order chi connectivity index (χ1) is 11.8. The van der Waals surface area contributed by atoms with Crippen LogP contribution in [0.25, 0.3) is 0 Å². The largest absolute Gasteiger partial charge is 0.338 e. The Morgan fingerprint density at radius 2 is 2.12 bits per heavy atom. The molecular weight excluding hydrogens is 360 g/mol. The van der Waals surface area contributed by atoms with Crippen LogP contribution >= 0.6 is 11.6 Å². The zero-order chi connectivity index (χ0) is 18.6. The lowest BCUT2D eigenvalue weighted by atomic mass is 10.2. The van der Waals surface area contributed by atoms with Crippen LogP contribution in [0.2, 0.25) is 5.02 Å². The van der Waals surface area contributed by atoms with E-state index in [0.717, 1.165) is 17.9 Å². The van der Waals surface area contributed by atoms with Gasteiger partial charge in [0.2, 0.25) is 0 Å². The van der Waals surface area contributed by atoms with Gasteiger partial charge in [-0.1, -0.05) is 24.6 Å². The number of hydrogen-bond acceptors (Lipinski definition) is 3. The number of aryl methyl sites for hydroxylation is 2. The molecule has 1 aromatic carbocycles. The Balaban J connectivity index is 1.92. The van der Waals surface area contributed by atoms with Crippen LogP contribution in [-0.4, -0.2) is 32.8 Å². The van der Waals surface area contributed by atoms with Gasteiger partial charge in [-0.15, -0.1) is 0 Å². The fourth-order valence-electron chi connectivity index (χ4n) is 2.55. The van der Waals surface area contributed by atoms with Gasteiger partial charge < -0.3 is 10.6 Å². The summed E-state index contributed by atoms with van der Waals surface area (Å²) in [6, 6.07) is 6.71. The van der Waals surface area contributed by atoms with Gasteiger partial charge in [-0.25, -0.2) is 4.79 Å². The van der Waals surface area contributed by atoms with Gasteiger partial charge in [-0.3, -0.25) is 8.89 Å². The second kappa shape index (κ2) is 8.49. The molecule has 1 aromatic heterocycles. The average Bonchev–Trinajstić information content (AvgIpc) is 2.82. The van der Waals surface area contributed by atoms with Crippen LogP contribution in [0, 0.1) is 19.8 Å². The minimum absolute atomic E-state index is 0.211. The Kier molecular flexibility index (Phi) is 6.61. The van der Waals surface area contributed by atoms with Crippen LogP contribution in [0.15, 0.2) is 29.2 Å². The maximum absolute atomic E-state index is 12.1. The van der Waals surface area contributed by atoms with Crippen LogP contribution in [0.1, 0.15) is 18.3 Å². The van der Waals surface area contributed by atoms with E-state index in [1.54, 1.807) is 18.2 Å². The lowest BCUT2D eigenvalue weighted by molar-refractivity contribution is 0.249. The van der Waals surface area contributed by atoms with Crippen molar-refractivity contribution in [1.82, 2.24) is 15.1 Å². The molecule has 0 aliphatic carbocycles. The van der Waals surface area contributed by atoms with Crippen molar-refractivity contribution in [1.29, 1.82) is 0 Å². The Morgan fingerprint density at radius 1 is 1.40 bits per heavy atom. The molecule has 2 atom stereocenters. The number of nitrogens with zero attached hydrogens (tertiary/aromatic N) is 2. The van der Waals surface area contributed by atoms with E-state index in [1.807, 2.05) is 31.5 Å². The maximum atomic E-state index is 12.1. The third kappa shape index (κ3) is 5.31. The number of hydrogen-bond donors (Lipinski definition) is 2. The third-order valence-corrected chi connectivity index (χ3v) is 5.14. The van der Waals surface area contributed by atoms with Crippen molar-refractivity contribution in [3.05, 3.63) is 40.7 Å². The molecule has 2 amide bonds. The van der Waals surface area contributed by atoms with E-state index in [2.05, 4.69) is 15.7 Å². The number of urea groups is 1. The highest BCUT2D eigenvalue weighted by molar-refractivity contribution is 7.84. The van der Waals surface area contributed by atoms with E-state index in [9.17, 15) is 9.00 Å². The van der Waals surface area contributed by atoms with Crippen molar-refractivity contribution in [2.75, 3.05) is 18.1 Å². The summed E-state index contributed by atoms with van der Waals surface area (Å²) in [7, 11) is -1.29. The number of halogens is 1. The number of amides is 2. The summed E-state index contributed by atoms with van der Waals surface area (Å²) in [6.45, 7) is 7.23. The van der Waals surface area contributed by atoms with Crippen LogP contribution < -0.4 is 10.6 Å². The fourth-order valence-corrected chi connectivity index (χ4v) is 3.82. The Bertz CT molecular complexity index is 791. The highest BCUT2D eigenvalue weighted by Gasteiger charge is 2.14. The molecule has 25 heavy (non-hydrogen) atoms. The first-order valence-corrected chi connectivity index (χ1v) is 9.89. The predicted molar refractivity (Wildman–Crippen MR) is 102 cm³/mol. The van der Waals surface area contributed by atoms with E-state index >= 15 is 0 Å². The molecule has 0 spiro atoms. The normalized spacial score (nSPS) is 13.3. The molecule has 2 aromatic rings. The number of carbonyl (C=O) groups is 1. The van der Waals surface area contributed by atoms with Gasteiger partial charge in [0.15, 0.2) is 0 Å². The minimum atomic E-state index is -1.29. The second-order valence-electron chi connectivity index (χ2n) is 6.12. The molecular formula is C17H23ClN4O2S. The standard InChI is InChI=1S/C17H23ClN4O2S/c1-11(10-22-13(3)8-12(2)21-22)9-19-17(23)20-15-7-5-6-14(18)16(15)25(4)24/h5-8,11H,9-10H2,1-4H3,(H2,19,20,23). The molecule has 136 valence electrons. The van der Waals surface area contributed by atoms with Crippen molar-refractivity contribution in [3.63, 3.8) is 0 Å². The summed E-state index contributed by atoms with van der Waals surface area (Å²) in [5.74, 6) is 0.211. The monoisotopic (exact) mass is 382 g/mol. The lowest BCUT2D eigenvalue weighted by Gasteiger charge is -2.15. The number of aromatic nitrogens is 2. The van der Waals surface area contributed by atoms with Gasteiger partial charge in [-0.2, -0.15) is 5.10 Å². The minimum Gasteiger partial charge on any atom is -0.338 e. The maximum Gasteiger partial charge on any atom is 0.319 e. The van der Waals surface area contributed by atoms with Crippen molar-refractivity contribution in [2.45, 2.75) is 32.2 Å². The predicted octanol–water partition coefficient (Wildman–Crippen LogP) is 3.35. The summed E-state index contributed by atoms with van der Waals surface area (Å²) in [4.78, 5) is 12.6. The molecule has 8 heteroatoms. The topological polar surface area (TPSA) is 76.0 Å². The molecule has 0 fully saturated rings. The number of benzene rings is 1. The highest BCUT2D eigenvalue weighted by atomic mass is 35.5. The zero-order valence-corrected chi connectivity index (χ0v) is 16.4. The fraction of sp³-hybridized carbons (Fsp3) is 0.412. The molecule has 0 radical (unpaired) electrons. The molecule has 0 saturated carbocycles. The van der Waals surface area contributed by atoms with Crippen molar-refractivity contribution in [3.8, 4) is 0 Å². The Hall–Kier alpha value is -1.86. The molecule has 1 heterocycles. The smallest absolute Gasteiger partial charge is 0.319 e. The number of nitrogens with one attached hydrogen (secondary N) is 2. The first-order valence-electron chi connectivity index (χ1n) is 7.95. The van der Waals surface area contributed by atoms with Gasteiger partial charge in [0.05, 0.1) is 32.1 Å². The molecule has 0 aliphatic heterocycles. The molecule has 2 rings (SSSR count). The van der Waals surface area contributed by atoms with Crippen LogP contribution in [-0.2, 0) is 17.3 Å². The van der Waals surface area contributed by atoms with Crippen LogP contribution in [0.3, 0.4) is 0 Å². The summed E-state index contributed by atoms with van der Waals surface area (Å²) >= 11 is 6.07. The summed E-state index contributed by atoms with van der Waals surface area (Å²) in [5.41, 5.74) is 2.54. The summed E-state index contributed by atoms with van der Waals surface area (Å²) in [6.07, 6.45) is 1.53. The number of anilines is 1. The molecule has 0 aliphatic rings. The molecule has 0 saturated heterocycles. The van der Waals surface area contributed by atoms with E-state index in [0.29, 0.717) is 22.2 Å². The third-order valence-electron chi connectivity index (χ3n) is 3.70. The van der Waals surface area contributed by atoms with Gasteiger partial charge in [-0.05, 0) is 38.0 Å². The summed E-state index contributed by atoms with van der Waals surface area (Å²) in [5, 5.41) is 10.3. The Labute approximate surface area is 155 Å². The molecule has 2 unspecified atom stereocenters. The SMILES string of the molecule is Cc1cc(C)n(CC(C)CNC(=O)Nc2cccc(Cl)c2S(C)=O)n1. The number of carbonyl (C=O) groups excluding carboxylic acids is 1. The zero-order valence-electron chi connectivity index (χ0n) is 14.8. The van der Waals surface area contributed by atoms with Crippen LogP contribution in [0.5, 0.6) is 0 Å². The molecule has 6 nitrogen and oxygen atoms in total. The average molecular weight is 383 g/mol. The molecule has 0 bridgehead atoms. The summed E-state index contributed by atoms with van der Waals surface area (Å²) < 4.78 is 13.8. The molecule has 2 N–H and O–H groups in total. The van der Waals surface area contributed by atoms with Gasteiger partial charge in [0, 0.05) is 25.0 Å². The van der Waals surface area contributed by atoms with Crippen molar-refractivity contribution >= 4 is 34.1 Å². The van der Waals surface area contributed by atoms with Gasteiger partial charge in [0.25, 0.3) is 0 Å². The lowest BCUT2D eigenvalue weighted by Crippen LogP contribution is -2.34. The second-order valence-corrected chi connectivity index (χ2v) is 7.84. The first kappa shape index (κ1) is 19.5. The van der Waals surface area contributed by atoms with Crippen LogP contribution in [0.4, 0.5) is 10.5 Å². The van der Waals surface area contributed by atoms with E-state index in [-0.39, 0.29) is 11.9 Å². The Morgan fingerprint density at radius 3 is 2.72 bits per heavy atom. The van der Waals surface area contributed by atoms with E-state index < -0.39 is 10.8 Å². The highest BCUT2D eigenvalue weighted by Crippen LogP contribution is 2.27. The number of rotatable bonds is 6. The van der Waals surface area contributed by atoms with Crippen molar-refractivity contribution < 1.29 is 9.00 Å². The van der Waals surface area contributed by atoms with E-state index in [1.165, 1.54) is 6.26 Å². The quantitative estimate of drug-likeness (QED) is 0.804. The van der Waals surface area contributed by atoms with E-state index in [4.69, 9.17) is 11.6 Å². The van der Waals surface area contributed by atoms with Crippen molar-refractivity contribution in [2.24, 2.45) is 5.92 Å². The van der Waals surface area contributed by atoms with Gasteiger partial charge in [0.1, 0.15) is 0 Å².